The number of ketones is 1. The lowest BCUT2D eigenvalue weighted by Crippen LogP contribution is -2.48. The number of halogens is 1. The zero-order valence-corrected chi connectivity index (χ0v) is 22.5. The summed E-state index contributed by atoms with van der Waals surface area (Å²) in [5.74, 6) is -0.880. The van der Waals surface area contributed by atoms with Gasteiger partial charge >= 0.3 is 0 Å². The van der Waals surface area contributed by atoms with Crippen LogP contribution in [-0.4, -0.2) is 50.0 Å². The molecule has 4 aliphatic heterocycles. The molecule has 196 valence electrons. The summed E-state index contributed by atoms with van der Waals surface area (Å²) in [6.07, 6.45) is 3.91. The second-order valence-corrected chi connectivity index (χ2v) is 10.7. The Hall–Kier alpha value is -4.11. The number of nitrogens with zero attached hydrogens (tertiary/aromatic N) is 2. The van der Waals surface area contributed by atoms with E-state index in [4.69, 9.17) is 14.2 Å². The Morgan fingerprint density at radius 3 is 2.51 bits per heavy atom. The average Bonchev–Trinajstić information content (AvgIpc) is 3.44. The first kappa shape index (κ1) is 24.0. The van der Waals surface area contributed by atoms with Gasteiger partial charge in [-0.1, -0.05) is 30.4 Å². The third kappa shape index (κ3) is 3.52. The van der Waals surface area contributed by atoms with Gasteiger partial charge in [0.25, 0.3) is 0 Å². The molecule has 39 heavy (non-hydrogen) atoms. The van der Waals surface area contributed by atoms with Gasteiger partial charge in [0.15, 0.2) is 17.3 Å². The molecule has 2 saturated heterocycles. The minimum absolute atomic E-state index is 0.230. The van der Waals surface area contributed by atoms with Crippen LogP contribution < -0.4 is 24.0 Å². The molecule has 2 amide bonds. The second-order valence-electron chi connectivity index (χ2n) is 9.87. The Labute approximate surface area is 232 Å². The summed E-state index contributed by atoms with van der Waals surface area (Å²) in [6, 6.07) is 16.6. The lowest BCUT2D eigenvalue weighted by molar-refractivity contribution is -0.122. The molecular formula is C30H23BrN2O6. The summed E-state index contributed by atoms with van der Waals surface area (Å²) in [5, 5.41) is 0. The normalized spacial score (nSPS) is 24.4. The van der Waals surface area contributed by atoms with E-state index in [1.54, 1.807) is 43.5 Å². The number of Topliss-reactive ketones (excluding diaryl/α,β-unsaturated/α-hetero) is 1. The Morgan fingerprint density at radius 2 is 1.72 bits per heavy atom. The molecule has 8 nitrogen and oxygen atoms in total. The fraction of sp³-hybridized carbons (Fsp3) is 0.233. The molecule has 4 heterocycles. The number of hydrogen-bond donors (Lipinski definition) is 0. The van der Waals surface area contributed by atoms with Crippen molar-refractivity contribution < 1.29 is 28.6 Å². The quantitative estimate of drug-likeness (QED) is 0.328. The van der Waals surface area contributed by atoms with Crippen molar-refractivity contribution >= 4 is 51.0 Å². The number of fused-ring (bicyclic) bond motifs is 6. The molecule has 0 saturated carbocycles. The number of rotatable bonds is 4. The van der Waals surface area contributed by atoms with Crippen molar-refractivity contribution in [2.45, 2.75) is 12.1 Å². The Bertz CT molecular complexity index is 1590. The van der Waals surface area contributed by atoms with Crippen molar-refractivity contribution in [3.05, 3.63) is 82.3 Å². The Morgan fingerprint density at radius 1 is 0.949 bits per heavy atom. The number of carbonyl (C=O) groups excluding carboxylic acids is 3. The molecule has 3 aromatic rings. The molecule has 0 aliphatic carbocycles. The lowest BCUT2D eigenvalue weighted by Gasteiger charge is -2.36. The smallest absolute Gasteiger partial charge is 0.240 e. The molecule has 0 bridgehead atoms. The predicted octanol–water partition coefficient (Wildman–Crippen LogP) is 4.50. The van der Waals surface area contributed by atoms with Gasteiger partial charge in [-0.25, -0.2) is 4.90 Å². The highest BCUT2D eigenvalue weighted by molar-refractivity contribution is 9.10. The lowest BCUT2D eigenvalue weighted by atomic mass is 9.86. The van der Waals surface area contributed by atoms with Crippen LogP contribution in [0.5, 0.6) is 17.2 Å². The van der Waals surface area contributed by atoms with E-state index in [0.29, 0.717) is 46.2 Å². The van der Waals surface area contributed by atoms with E-state index in [2.05, 4.69) is 15.9 Å². The largest absolute Gasteiger partial charge is 0.496 e. The van der Waals surface area contributed by atoms with E-state index in [0.717, 1.165) is 11.3 Å². The summed E-state index contributed by atoms with van der Waals surface area (Å²) < 4.78 is 17.3. The molecule has 0 aromatic heterocycles. The van der Waals surface area contributed by atoms with E-state index in [1.807, 2.05) is 41.3 Å². The maximum Gasteiger partial charge on any atom is 0.240 e. The van der Waals surface area contributed by atoms with E-state index >= 15 is 0 Å². The first-order valence-electron chi connectivity index (χ1n) is 12.7. The number of methoxy groups -OCH3 is 1. The minimum atomic E-state index is -0.870. The molecule has 2 fully saturated rings. The highest BCUT2D eigenvalue weighted by Gasteiger charge is 2.64. The van der Waals surface area contributed by atoms with Gasteiger partial charge in [-0.3, -0.25) is 14.4 Å². The van der Waals surface area contributed by atoms with Crippen molar-refractivity contribution in [2.24, 2.45) is 11.8 Å². The van der Waals surface area contributed by atoms with Crippen LogP contribution in [0.15, 0.2) is 71.2 Å². The van der Waals surface area contributed by atoms with Crippen LogP contribution in [-0.2, 0) is 9.59 Å². The number of carbonyl (C=O) groups is 3. The molecule has 3 aromatic carbocycles. The predicted molar refractivity (Wildman–Crippen MR) is 147 cm³/mol. The average molecular weight is 587 g/mol. The standard InChI is InChI=1S/C30H23BrN2O6/c1-37-22-10-7-17(14-19(22)31)28(34)27-26-25(21-9-6-16-4-2-3-5-20(16)33(21)27)29(35)32(30(26)36)18-8-11-23-24(15-18)39-13-12-38-23/h2-11,14-15,21,25-27H,12-13H2,1H3. The van der Waals surface area contributed by atoms with Crippen LogP contribution in [0, 0.1) is 11.8 Å². The molecule has 4 unspecified atom stereocenters. The topological polar surface area (TPSA) is 85.4 Å². The van der Waals surface area contributed by atoms with Gasteiger partial charge in [0.05, 0.1) is 35.1 Å². The first-order valence-corrected chi connectivity index (χ1v) is 13.5. The summed E-state index contributed by atoms with van der Waals surface area (Å²) >= 11 is 3.47. The van der Waals surface area contributed by atoms with Gasteiger partial charge in [-0.15, -0.1) is 0 Å². The molecule has 4 atom stereocenters. The van der Waals surface area contributed by atoms with Crippen LogP contribution >= 0.6 is 15.9 Å². The number of para-hydroxylation sites is 1. The van der Waals surface area contributed by atoms with E-state index in [1.165, 1.54) is 4.90 Å². The number of hydrogen-bond acceptors (Lipinski definition) is 7. The monoisotopic (exact) mass is 586 g/mol. The molecule has 0 N–H and O–H groups in total. The van der Waals surface area contributed by atoms with Crippen molar-refractivity contribution in [3.8, 4) is 17.2 Å². The summed E-state index contributed by atoms with van der Waals surface area (Å²) in [7, 11) is 1.56. The zero-order valence-electron chi connectivity index (χ0n) is 20.9. The van der Waals surface area contributed by atoms with Crippen LogP contribution in [0.4, 0.5) is 11.4 Å². The van der Waals surface area contributed by atoms with Gasteiger partial charge in [-0.2, -0.15) is 0 Å². The Balaban J connectivity index is 1.34. The van der Waals surface area contributed by atoms with Gasteiger partial charge < -0.3 is 19.1 Å². The highest BCUT2D eigenvalue weighted by Crippen LogP contribution is 2.50. The number of amides is 2. The third-order valence-corrected chi connectivity index (χ3v) is 8.52. The zero-order chi connectivity index (χ0) is 26.8. The van der Waals surface area contributed by atoms with E-state index in [9.17, 15) is 14.4 Å². The summed E-state index contributed by atoms with van der Waals surface area (Å²) in [5.41, 5.74) is 2.61. The molecular weight excluding hydrogens is 564 g/mol. The van der Waals surface area contributed by atoms with Gasteiger partial charge in [-0.05, 0) is 57.9 Å². The van der Waals surface area contributed by atoms with Crippen molar-refractivity contribution in [1.29, 1.82) is 0 Å². The minimum Gasteiger partial charge on any atom is -0.496 e. The van der Waals surface area contributed by atoms with E-state index in [-0.39, 0.29) is 11.7 Å². The maximum absolute atomic E-state index is 14.2. The first-order chi connectivity index (χ1) is 19.0. The van der Waals surface area contributed by atoms with Crippen LogP contribution in [0.2, 0.25) is 0 Å². The molecule has 7 rings (SSSR count). The number of imide groups is 1. The number of anilines is 2. The van der Waals surface area contributed by atoms with Crippen molar-refractivity contribution in [2.75, 3.05) is 30.1 Å². The SMILES string of the molecule is COc1ccc(C(=O)C2C3C(=O)N(c4ccc5c(c4)OCCO5)C(=O)C3C3C=Cc4ccccc4N32)cc1Br. The fourth-order valence-corrected chi connectivity index (χ4v) is 6.77. The molecule has 0 spiro atoms. The second kappa shape index (κ2) is 8.98. The maximum atomic E-state index is 14.2. The number of ether oxygens (including phenoxy) is 3. The number of benzene rings is 3. The Kier molecular flexibility index (Phi) is 5.52. The van der Waals surface area contributed by atoms with Gasteiger partial charge in [0, 0.05) is 17.3 Å². The van der Waals surface area contributed by atoms with Crippen LogP contribution in [0.25, 0.3) is 6.08 Å². The fourth-order valence-electron chi connectivity index (χ4n) is 6.23. The summed E-state index contributed by atoms with van der Waals surface area (Å²) in [6.45, 7) is 0.827. The van der Waals surface area contributed by atoms with E-state index < -0.39 is 29.8 Å². The third-order valence-electron chi connectivity index (χ3n) is 7.90. The van der Waals surface area contributed by atoms with Crippen molar-refractivity contribution in [3.63, 3.8) is 0 Å². The van der Waals surface area contributed by atoms with Gasteiger partial charge in [0.1, 0.15) is 25.0 Å². The molecule has 4 aliphatic rings. The summed E-state index contributed by atoms with van der Waals surface area (Å²) in [4.78, 5) is 45.6. The van der Waals surface area contributed by atoms with Gasteiger partial charge in [0.2, 0.25) is 11.8 Å². The molecule has 0 radical (unpaired) electrons. The van der Waals surface area contributed by atoms with Crippen molar-refractivity contribution in [1.82, 2.24) is 0 Å². The van der Waals surface area contributed by atoms with Crippen LogP contribution in [0.3, 0.4) is 0 Å². The van der Waals surface area contributed by atoms with Crippen LogP contribution in [0.1, 0.15) is 15.9 Å². The highest BCUT2D eigenvalue weighted by atomic mass is 79.9. The molecule has 9 heteroatoms.